The Labute approximate surface area is 347 Å². The molecule has 2 radical (unpaired) electrons. The fourth-order valence-electron chi connectivity index (χ4n) is 5.79. The first kappa shape index (κ1) is 50.0. The third kappa shape index (κ3) is 35.7. The number of carbonyl (C=O) groups is 1. The van der Waals surface area contributed by atoms with Crippen LogP contribution in [0.4, 0.5) is 0 Å². The van der Waals surface area contributed by atoms with Crippen LogP contribution in [-0.4, -0.2) is 88.1 Å². The molecule has 43 heavy (non-hydrogen) atoms. The van der Waals surface area contributed by atoms with Crippen molar-refractivity contribution in [3.63, 3.8) is 0 Å². The van der Waals surface area contributed by atoms with Crippen LogP contribution in [0.1, 0.15) is 222 Å². The van der Waals surface area contributed by atoms with Gasteiger partial charge in [-0.05, 0) is 12.8 Å². The second-order valence-corrected chi connectivity index (χ2v) is 12.7. The Hall–Kier alpha value is 2.60. The van der Waals surface area contributed by atoms with Crippen molar-refractivity contribution in [1.29, 1.82) is 0 Å². The minimum Gasteiger partial charge on any atom is 0 e. The van der Waals surface area contributed by atoms with Gasteiger partial charge in [0.05, 0.1) is 0 Å². The van der Waals surface area contributed by atoms with E-state index in [1.165, 1.54) is 167 Å². The predicted octanol–water partition coefficient (Wildman–Crippen LogP) is 11.6. The quantitative estimate of drug-likeness (QED) is 0.0216. The summed E-state index contributed by atoms with van der Waals surface area (Å²) in [5.74, 6) is -1.23. The van der Waals surface area contributed by atoms with Crippen LogP contribution < -0.4 is 0 Å². The summed E-state index contributed by atoms with van der Waals surface area (Å²) in [5, 5.41) is 0. The molecule has 0 aliphatic carbocycles. The van der Waals surface area contributed by atoms with Crippen LogP contribution in [0.5, 0.6) is 0 Å². The molecule has 1 rings (SSSR count). The number of unbranched alkanes of at least 4 members (excludes halogenated alkanes) is 28. The number of hydrogen-bond acceptors (Lipinski definition) is 4. The summed E-state index contributed by atoms with van der Waals surface area (Å²) in [5.41, 5.74) is 0. The summed E-state index contributed by atoms with van der Waals surface area (Å²) in [6.07, 6.45) is 41.2. The van der Waals surface area contributed by atoms with Crippen LogP contribution in [0.2, 0.25) is 0 Å². The largest absolute Gasteiger partial charge is 0 e. The topological polar surface area (TPSA) is 51.4 Å². The van der Waals surface area contributed by atoms with Gasteiger partial charge in [-0.3, -0.25) is 4.79 Å². The van der Waals surface area contributed by atoms with E-state index >= 15 is 0 Å². The minimum atomic E-state index is -1.05. The summed E-state index contributed by atoms with van der Waals surface area (Å²) in [6.45, 7) is 4.57. The van der Waals surface area contributed by atoms with Crippen LogP contribution in [0, 0.1) is 0 Å². The molecule has 0 saturated carbocycles. The fourth-order valence-corrected chi connectivity index (χ4v) is 5.79. The first-order valence-electron chi connectivity index (χ1n) is 18.3. The molecule has 1 aliphatic heterocycles. The maximum absolute atomic E-state index is 12.2. The smallest absolute Gasteiger partial charge is 0 e. The summed E-state index contributed by atoms with van der Waals surface area (Å²) in [7, 11) is 0. The van der Waals surface area contributed by atoms with Crippen molar-refractivity contribution in [3.05, 3.63) is 0 Å². The van der Waals surface area contributed by atoms with E-state index in [0.717, 1.165) is 25.7 Å². The molecule has 1 fully saturated rings. The van der Waals surface area contributed by atoms with E-state index < -0.39 is 5.97 Å². The number of rotatable bonds is 33. The first-order chi connectivity index (χ1) is 19.7. The monoisotopic (exact) mass is 964 g/mol. The Balaban J connectivity index is -0.00000107. The van der Waals surface area contributed by atoms with Gasteiger partial charge in [0.25, 0.3) is 0 Å². The summed E-state index contributed by atoms with van der Waals surface area (Å²) in [6, 6.07) is 0. The number of esters is 1. The van der Waals surface area contributed by atoms with Crippen molar-refractivity contribution >= 4 is 82.1 Å². The van der Waals surface area contributed by atoms with E-state index in [9.17, 15) is 4.79 Å². The van der Waals surface area contributed by atoms with E-state index in [0.29, 0.717) is 12.8 Å². The van der Waals surface area contributed by atoms with Crippen LogP contribution >= 0.6 is 0 Å². The molecule has 0 aromatic carbocycles. The zero-order valence-corrected chi connectivity index (χ0v) is 40.7. The third-order valence-electron chi connectivity index (χ3n) is 8.61. The van der Waals surface area contributed by atoms with E-state index in [2.05, 4.69) is 13.8 Å². The van der Waals surface area contributed by atoms with Crippen molar-refractivity contribution in [1.82, 2.24) is 0 Å². The summed E-state index contributed by atoms with van der Waals surface area (Å²) in [4.78, 5) is 22.4. The minimum absolute atomic E-state index is 0. The Morgan fingerprint density at radius 1 is 0.488 bits per heavy atom. The molecule has 0 amide bonds. The zero-order valence-electron chi connectivity index (χ0n) is 31.2. The van der Waals surface area contributed by atoms with Crippen LogP contribution in [-0.2, 0) is 41.0 Å². The second kappa shape index (κ2) is 39.0. The fraction of sp³-hybridized carbons (Fsp3) is 0.972. The van der Waals surface area contributed by atoms with Crippen LogP contribution in [0.3, 0.4) is 0 Å². The van der Waals surface area contributed by atoms with Gasteiger partial charge in [-0.15, -0.1) is 0 Å². The molecular formula is C36H74BaO4PbTi. The maximum atomic E-state index is 12.2. The molecule has 1 heterocycles. The van der Waals surface area contributed by atoms with Gasteiger partial charge in [0.2, 0.25) is 0 Å². The molecule has 0 aromatic heterocycles. The van der Waals surface area contributed by atoms with Gasteiger partial charge in [-0.25, -0.2) is 0 Å². The van der Waals surface area contributed by atoms with Gasteiger partial charge < -0.3 is 7.59 Å². The van der Waals surface area contributed by atoms with Crippen LogP contribution in [0.25, 0.3) is 0 Å². The van der Waals surface area contributed by atoms with Gasteiger partial charge in [0.15, 0.2) is 0 Å². The first-order valence-corrected chi connectivity index (χ1v) is 18.3. The molecule has 0 unspecified atom stereocenters. The molecule has 4 nitrogen and oxygen atoms in total. The predicted molar refractivity (Wildman–Crippen MR) is 187 cm³/mol. The molecule has 0 spiro atoms. The van der Waals surface area contributed by atoms with Crippen molar-refractivity contribution in [2.75, 3.05) is 0 Å². The molecular weight excluding hydrogens is 889 g/mol. The molecule has 1 saturated heterocycles. The maximum Gasteiger partial charge on any atom is 0 e. The Morgan fingerprint density at radius 2 is 0.744 bits per heavy atom. The SMILES string of the molecule is CCCCCCCCCCCCCCCCCC(=O)OC1(CCCCCCCCCCCCCCCCC)OO1.[Ba+2].[H-].[H-].[PbH2].[Ti]. The van der Waals surface area contributed by atoms with Crippen molar-refractivity contribution in [2.45, 2.75) is 225 Å². The van der Waals surface area contributed by atoms with Crippen molar-refractivity contribution < 1.29 is 43.9 Å². The average molecular weight is 963 g/mol. The third-order valence-corrected chi connectivity index (χ3v) is 8.61. The molecule has 0 atom stereocenters. The standard InChI is InChI=1S/C36H70O4.Ba.Pb.Ti.4H/c1-3-5-7-9-11-13-15-17-19-21-23-25-27-29-31-33-35(37)38-36(39-40-36)34-32-30-28-26-24-22-20-18-16-14-12-10-8-6-4-2;;;;;;;/h3-34H2,1-2H3;;;;;;;/q;+2;;;;;2*-1. The van der Waals surface area contributed by atoms with Gasteiger partial charge in [-0.1, -0.05) is 194 Å². The molecule has 7 heteroatoms. The second-order valence-electron chi connectivity index (χ2n) is 12.7. The molecule has 252 valence electrons. The van der Waals surface area contributed by atoms with E-state index in [1.807, 2.05) is 0 Å². The molecule has 0 bridgehead atoms. The van der Waals surface area contributed by atoms with Crippen LogP contribution in [0.15, 0.2) is 0 Å². The van der Waals surface area contributed by atoms with Crippen molar-refractivity contribution in [2.24, 2.45) is 0 Å². The van der Waals surface area contributed by atoms with E-state index in [1.54, 1.807) is 0 Å². The number of hydrogen-bond donors (Lipinski definition) is 0. The average Bonchev–Trinajstić information content (AvgIpc) is 3.72. The van der Waals surface area contributed by atoms with Gasteiger partial charge in [-0.2, -0.15) is 9.78 Å². The van der Waals surface area contributed by atoms with Gasteiger partial charge in [0.1, 0.15) is 0 Å². The Kier molecular flexibility index (Phi) is 45.4. The van der Waals surface area contributed by atoms with E-state index in [4.69, 9.17) is 14.5 Å². The number of carbonyl (C=O) groups excluding carboxylic acids is 1. The van der Waals surface area contributed by atoms with Gasteiger partial charge >= 0.3 is 88.1 Å². The summed E-state index contributed by atoms with van der Waals surface area (Å²) >= 11 is 0. The Bertz CT molecular complexity index is 563. The number of ether oxygens (including phenoxy) is 1. The Morgan fingerprint density at radius 3 is 1.02 bits per heavy atom. The van der Waals surface area contributed by atoms with E-state index in [-0.39, 0.29) is 107 Å². The normalized spacial score (nSPS) is 13.1. The summed E-state index contributed by atoms with van der Waals surface area (Å²) < 4.78 is 5.50. The zero-order chi connectivity index (χ0) is 28.8. The van der Waals surface area contributed by atoms with Crippen molar-refractivity contribution in [3.8, 4) is 0 Å². The molecule has 0 N–H and O–H groups in total. The molecule has 1 aliphatic rings. The molecule has 0 aromatic rings. The van der Waals surface area contributed by atoms with Gasteiger partial charge in [0, 0.05) is 34.6 Å².